The van der Waals surface area contributed by atoms with Crippen LogP contribution in [0.3, 0.4) is 0 Å². The van der Waals surface area contributed by atoms with Crippen LogP contribution >= 0.6 is 0 Å². The van der Waals surface area contributed by atoms with Crippen molar-refractivity contribution in [3.63, 3.8) is 0 Å². The van der Waals surface area contributed by atoms with E-state index < -0.39 is 0 Å². The van der Waals surface area contributed by atoms with E-state index in [9.17, 15) is 4.79 Å². The number of hydrogen-bond donors (Lipinski definition) is 2. The van der Waals surface area contributed by atoms with Crippen molar-refractivity contribution in [2.24, 2.45) is 11.5 Å². The van der Waals surface area contributed by atoms with Gasteiger partial charge in [-0.05, 0) is 43.9 Å². The van der Waals surface area contributed by atoms with E-state index in [1.807, 2.05) is 12.1 Å². The van der Waals surface area contributed by atoms with Gasteiger partial charge in [0.25, 0.3) is 0 Å². The van der Waals surface area contributed by atoms with E-state index in [4.69, 9.17) is 11.5 Å². The molecule has 0 spiro atoms. The van der Waals surface area contributed by atoms with Gasteiger partial charge in [0, 0.05) is 34.7 Å². The van der Waals surface area contributed by atoms with Gasteiger partial charge in [0.15, 0.2) is 0 Å². The van der Waals surface area contributed by atoms with Crippen molar-refractivity contribution in [3.05, 3.63) is 36.0 Å². The molecule has 0 saturated heterocycles. The topological polar surface area (TPSA) is 74.0 Å². The molecule has 4 nitrogen and oxygen atoms in total. The highest BCUT2D eigenvalue weighted by Gasteiger charge is 2.21. The Morgan fingerprint density at radius 2 is 1.89 bits per heavy atom. The lowest BCUT2D eigenvalue weighted by molar-refractivity contribution is 0.100. The monoisotopic (exact) mass is 257 g/mol. The molecule has 0 aliphatic heterocycles. The maximum absolute atomic E-state index is 11.4. The minimum atomic E-state index is -0.367. The Balaban J connectivity index is 2.01. The average Bonchev–Trinajstić information content (AvgIpc) is 2.83. The van der Waals surface area contributed by atoms with E-state index in [-0.39, 0.29) is 5.91 Å². The van der Waals surface area contributed by atoms with Crippen molar-refractivity contribution in [1.82, 2.24) is 4.57 Å². The molecular weight excluding hydrogens is 238 g/mol. The van der Waals surface area contributed by atoms with Gasteiger partial charge in [0.05, 0.1) is 0 Å². The third kappa shape index (κ3) is 2.12. The Kier molecular flexibility index (Phi) is 3.03. The fourth-order valence-electron chi connectivity index (χ4n) is 3.10. The van der Waals surface area contributed by atoms with Crippen LogP contribution in [-0.4, -0.2) is 16.5 Å². The number of hydrogen-bond acceptors (Lipinski definition) is 2. The van der Waals surface area contributed by atoms with E-state index in [0.29, 0.717) is 17.6 Å². The molecule has 1 amide bonds. The predicted molar refractivity (Wildman–Crippen MR) is 75.9 cm³/mol. The molecule has 0 unspecified atom stereocenters. The van der Waals surface area contributed by atoms with Crippen LogP contribution in [0.5, 0.6) is 0 Å². The van der Waals surface area contributed by atoms with Crippen LogP contribution in [0.15, 0.2) is 30.5 Å². The largest absolute Gasteiger partial charge is 0.366 e. The van der Waals surface area contributed by atoms with Crippen molar-refractivity contribution >= 4 is 16.8 Å². The van der Waals surface area contributed by atoms with E-state index in [1.54, 1.807) is 6.07 Å². The average molecular weight is 257 g/mol. The lowest BCUT2D eigenvalue weighted by Gasteiger charge is -2.28. The fraction of sp³-hybridized carbons (Fsp3) is 0.400. The number of rotatable bonds is 2. The summed E-state index contributed by atoms with van der Waals surface area (Å²) < 4.78 is 2.27. The van der Waals surface area contributed by atoms with Crippen molar-refractivity contribution < 1.29 is 4.79 Å². The molecule has 1 saturated carbocycles. The molecule has 1 heterocycles. The summed E-state index contributed by atoms with van der Waals surface area (Å²) in [5.74, 6) is -0.367. The highest BCUT2D eigenvalue weighted by molar-refractivity contribution is 6.05. The van der Waals surface area contributed by atoms with Crippen LogP contribution in [0.1, 0.15) is 42.1 Å². The summed E-state index contributed by atoms with van der Waals surface area (Å²) in [5, 5.41) is 0.949. The quantitative estimate of drug-likeness (QED) is 0.865. The van der Waals surface area contributed by atoms with Crippen LogP contribution in [0.2, 0.25) is 0 Å². The first-order valence-corrected chi connectivity index (χ1v) is 6.82. The minimum absolute atomic E-state index is 0.347. The summed E-state index contributed by atoms with van der Waals surface area (Å²) in [7, 11) is 0. The second-order valence-electron chi connectivity index (χ2n) is 5.39. The van der Waals surface area contributed by atoms with Crippen LogP contribution in [0.25, 0.3) is 10.9 Å². The lowest BCUT2D eigenvalue weighted by Crippen LogP contribution is -2.27. The van der Waals surface area contributed by atoms with Crippen LogP contribution < -0.4 is 11.5 Å². The minimum Gasteiger partial charge on any atom is -0.366 e. The number of primary amides is 1. The highest BCUT2D eigenvalue weighted by Crippen LogP contribution is 2.32. The SMILES string of the molecule is NC(=O)c1cccc2c1ccn2C1CCC(N)CC1. The molecule has 1 aromatic carbocycles. The van der Waals surface area contributed by atoms with E-state index in [1.165, 1.54) is 0 Å². The Bertz CT molecular complexity index is 609. The number of carbonyl (C=O) groups excluding carboxylic acids is 1. The highest BCUT2D eigenvalue weighted by atomic mass is 16.1. The number of nitrogens with zero attached hydrogens (tertiary/aromatic N) is 1. The van der Waals surface area contributed by atoms with E-state index in [0.717, 1.165) is 36.6 Å². The van der Waals surface area contributed by atoms with Crippen LogP contribution in [0, 0.1) is 0 Å². The third-order valence-corrected chi connectivity index (χ3v) is 4.16. The van der Waals surface area contributed by atoms with E-state index >= 15 is 0 Å². The molecule has 4 heteroatoms. The zero-order valence-corrected chi connectivity index (χ0v) is 10.9. The number of carbonyl (C=O) groups is 1. The molecule has 100 valence electrons. The molecule has 0 radical (unpaired) electrons. The molecular formula is C15H19N3O. The van der Waals surface area contributed by atoms with Crippen LogP contribution in [0.4, 0.5) is 0 Å². The van der Waals surface area contributed by atoms with Gasteiger partial charge in [-0.3, -0.25) is 4.79 Å². The number of nitrogens with two attached hydrogens (primary N) is 2. The smallest absolute Gasteiger partial charge is 0.249 e. The molecule has 4 N–H and O–H groups in total. The summed E-state index contributed by atoms with van der Waals surface area (Å²) in [6.45, 7) is 0. The molecule has 0 bridgehead atoms. The molecule has 1 fully saturated rings. The molecule has 2 aromatic rings. The Hall–Kier alpha value is -1.81. The van der Waals surface area contributed by atoms with Gasteiger partial charge in [-0.2, -0.15) is 0 Å². The fourth-order valence-corrected chi connectivity index (χ4v) is 3.10. The second kappa shape index (κ2) is 4.70. The Labute approximate surface area is 112 Å². The van der Waals surface area contributed by atoms with Gasteiger partial charge in [-0.15, -0.1) is 0 Å². The van der Waals surface area contributed by atoms with Gasteiger partial charge >= 0.3 is 0 Å². The molecule has 1 aliphatic carbocycles. The number of benzene rings is 1. The van der Waals surface area contributed by atoms with Gasteiger partial charge in [0.2, 0.25) is 5.91 Å². The Morgan fingerprint density at radius 3 is 2.58 bits per heavy atom. The molecule has 1 aromatic heterocycles. The number of aromatic nitrogens is 1. The van der Waals surface area contributed by atoms with Crippen molar-refractivity contribution in [1.29, 1.82) is 0 Å². The maximum atomic E-state index is 11.4. The molecule has 0 atom stereocenters. The van der Waals surface area contributed by atoms with Gasteiger partial charge in [-0.1, -0.05) is 6.07 Å². The summed E-state index contributed by atoms with van der Waals surface area (Å²) in [4.78, 5) is 11.4. The second-order valence-corrected chi connectivity index (χ2v) is 5.39. The predicted octanol–water partition coefficient (Wildman–Crippen LogP) is 2.18. The summed E-state index contributed by atoms with van der Waals surface area (Å²) in [6.07, 6.45) is 6.41. The van der Waals surface area contributed by atoms with Gasteiger partial charge in [0.1, 0.15) is 0 Å². The maximum Gasteiger partial charge on any atom is 0.249 e. The summed E-state index contributed by atoms with van der Waals surface area (Å²) in [6, 6.07) is 8.55. The third-order valence-electron chi connectivity index (χ3n) is 4.16. The molecule has 3 rings (SSSR count). The van der Waals surface area contributed by atoms with Gasteiger partial charge < -0.3 is 16.0 Å². The van der Waals surface area contributed by atoms with Crippen molar-refractivity contribution in [2.75, 3.05) is 0 Å². The summed E-state index contributed by atoms with van der Waals surface area (Å²) in [5.41, 5.74) is 13.1. The summed E-state index contributed by atoms with van der Waals surface area (Å²) >= 11 is 0. The molecule has 19 heavy (non-hydrogen) atoms. The number of fused-ring (bicyclic) bond motifs is 1. The first-order chi connectivity index (χ1) is 9.16. The van der Waals surface area contributed by atoms with Gasteiger partial charge in [-0.25, -0.2) is 0 Å². The van der Waals surface area contributed by atoms with Crippen molar-refractivity contribution in [3.8, 4) is 0 Å². The first-order valence-electron chi connectivity index (χ1n) is 6.82. The van der Waals surface area contributed by atoms with E-state index in [2.05, 4.69) is 16.8 Å². The van der Waals surface area contributed by atoms with Crippen LogP contribution in [-0.2, 0) is 0 Å². The Morgan fingerprint density at radius 1 is 1.16 bits per heavy atom. The van der Waals surface area contributed by atoms with Crippen molar-refractivity contribution in [2.45, 2.75) is 37.8 Å². The first kappa shape index (κ1) is 12.2. The zero-order valence-electron chi connectivity index (χ0n) is 10.9. The standard InChI is InChI=1S/C15H19N3O/c16-10-4-6-11(7-5-10)18-9-8-12-13(15(17)19)2-1-3-14(12)18/h1-3,8-11H,4-7,16H2,(H2,17,19). The number of amides is 1. The normalized spacial score (nSPS) is 23.6. The zero-order chi connectivity index (χ0) is 13.4. The molecule has 1 aliphatic rings. The lowest BCUT2D eigenvalue weighted by atomic mass is 9.91.